The summed E-state index contributed by atoms with van der Waals surface area (Å²) in [6.45, 7) is 6.02. The number of aromatic carboxylic acids is 1. The van der Waals surface area contributed by atoms with Crippen LogP contribution in [0.1, 0.15) is 26.3 Å². The summed E-state index contributed by atoms with van der Waals surface area (Å²) in [5.41, 5.74) is 1.87. The van der Waals surface area contributed by atoms with Gasteiger partial charge in [-0.25, -0.2) is 9.78 Å². The van der Waals surface area contributed by atoms with E-state index in [9.17, 15) is 14.7 Å². The molecule has 35 heavy (non-hydrogen) atoms. The number of nitrogens with zero attached hydrogens (tertiary/aromatic N) is 3. The topological polar surface area (TPSA) is 95.0 Å². The number of halogens is 1. The summed E-state index contributed by atoms with van der Waals surface area (Å²) in [5, 5.41) is 13.2. The van der Waals surface area contributed by atoms with Gasteiger partial charge in [0.2, 0.25) is 0 Å². The molecule has 0 atom stereocenters. The van der Waals surface area contributed by atoms with Gasteiger partial charge in [0.15, 0.2) is 0 Å². The molecule has 0 aliphatic carbocycles. The summed E-state index contributed by atoms with van der Waals surface area (Å²) in [6.07, 6.45) is 1.50. The monoisotopic (exact) mass is 494 g/mol. The first-order valence-electron chi connectivity index (χ1n) is 11.4. The van der Waals surface area contributed by atoms with Crippen molar-refractivity contribution < 1.29 is 19.4 Å². The second kappa shape index (κ2) is 11.2. The second-order valence-corrected chi connectivity index (χ2v) is 8.79. The van der Waals surface area contributed by atoms with Crippen molar-refractivity contribution in [2.24, 2.45) is 0 Å². The zero-order valence-electron chi connectivity index (χ0n) is 19.4. The highest BCUT2D eigenvalue weighted by Gasteiger charge is 2.23. The number of aromatic nitrogens is 1. The van der Waals surface area contributed by atoms with Crippen molar-refractivity contribution in [1.82, 2.24) is 9.88 Å². The average Bonchev–Trinajstić information content (AvgIpc) is 2.85. The molecule has 0 saturated carbocycles. The normalized spacial score (nSPS) is 13.9. The van der Waals surface area contributed by atoms with Crippen LogP contribution in [0.2, 0.25) is 5.02 Å². The van der Waals surface area contributed by atoms with Crippen molar-refractivity contribution in [3.05, 3.63) is 82.5 Å². The molecule has 2 N–H and O–H groups in total. The number of ether oxygens (including phenoxy) is 1. The van der Waals surface area contributed by atoms with Crippen LogP contribution in [0.3, 0.4) is 0 Å². The van der Waals surface area contributed by atoms with E-state index in [0.29, 0.717) is 41.8 Å². The number of anilines is 2. The largest absolute Gasteiger partial charge is 0.492 e. The number of rotatable bonds is 8. The van der Waals surface area contributed by atoms with Crippen molar-refractivity contribution >= 4 is 35.0 Å². The van der Waals surface area contributed by atoms with Crippen LogP contribution in [0, 0.1) is 6.92 Å². The van der Waals surface area contributed by atoms with Crippen LogP contribution in [-0.2, 0) is 0 Å². The van der Waals surface area contributed by atoms with Gasteiger partial charge < -0.3 is 20.1 Å². The standard InChI is InChI=1S/C26H27ClN4O4/c1-18-3-2-4-19(15-18)25(32)29-21-16-23(26(33)34)24(28-17-21)31-11-9-30(10-12-31)13-14-35-22-7-5-20(27)6-8-22/h2-8,15-17H,9-14H2,1H3,(H,29,32)(H,33,34). The van der Waals surface area contributed by atoms with Gasteiger partial charge in [0.1, 0.15) is 23.7 Å². The molecule has 0 bridgehead atoms. The van der Waals surface area contributed by atoms with Crippen molar-refractivity contribution in [1.29, 1.82) is 0 Å². The zero-order chi connectivity index (χ0) is 24.8. The van der Waals surface area contributed by atoms with E-state index in [0.717, 1.165) is 30.9 Å². The van der Waals surface area contributed by atoms with Gasteiger partial charge >= 0.3 is 5.97 Å². The third kappa shape index (κ3) is 6.49. The maximum atomic E-state index is 12.5. The number of carbonyl (C=O) groups excluding carboxylic acids is 1. The molecule has 0 spiro atoms. The van der Waals surface area contributed by atoms with Gasteiger partial charge in [-0.15, -0.1) is 0 Å². The summed E-state index contributed by atoms with van der Waals surface area (Å²) in [4.78, 5) is 33.1. The van der Waals surface area contributed by atoms with Crippen LogP contribution in [-0.4, -0.2) is 66.2 Å². The molecule has 182 valence electrons. The summed E-state index contributed by atoms with van der Waals surface area (Å²) in [6, 6.07) is 15.9. The van der Waals surface area contributed by atoms with Crippen molar-refractivity contribution in [2.45, 2.75) is 6.92 Å². The SMILES string of the molecule is Cc1cccc(C(=O)Nc2cnc(N3CCN(CCOc4ccc(Cl)cc4)CC3)c(C(=O)O)c2)c1. The van der Waals surface area contributed by atoms with Gasteiger partial charge in [0, 0.05) is 43.3 Å². The van der Waals surface area contributed by atoms with E-state index in [-0.39, 0.29) is 11.5 Å². The first-order chi connectivity index (χ1) is 16.9. The van der Waals surface area contributed by atoms with Gasteiger partial charge in [0.25, 0.3) is 5.91 Å². The van der Waals surface area contributed by atoms with E-state index in [1.54, 1.807) is 30.3 Å². The Hall–Kier alpha value is -3.62. The third-order valence-corrected chi connectivity index (χ3v) is 6.05. The highest BCUT2D eigenvalue weighted by atomic mass is 35.5. The molecule has 8 nitrogen and oxygen atoms in total. The lowest BCUT2D eigenvalue weighted by molar-refractivity contribution is 0.0696. The molecule has 2 heterocycles. The predicted molar refractivity (Wildman–Crippen MR) is 136 cm³/mol. The van der Waals surface area contributed by atoms with Crippen LogP contribution in [0.25, 0.3) is 0 Å². The Morgan fingerprint density at radius 2 is 1.83 bits per heavy atom. The van der Waals surface area contributed by atoms with Gasteiger partial charge in [0.05, 0.1) is 11.9 Å². The molecule has 1 aliphatic rings. The lowest BCUT2D eigenvalue weighted by atomic mass is 10.1. The molecule has 3 aromatic rings. The third-order valence-electron chi connectivity index (χ3n) is 5.80. The van der Waals surface area contributed by atoms with E-state index in [1.807, 2.05) is 30.0 Å². The smallest absolute Gasteiger partial charge is 0.339 e. The molecule has 2 aromatic carbocycles. The maximum Gasteiger partial charge on any atom is 0.339 e. The van der Waals surface area contributed by atoms with Gasteiger partial charge in [-0.1, -0.05) is 29.3 Å². The number of nitrogens with one attached hydrogen (secondary N) is 1. The Morgan fingerprint density at radius 1 is 1.09 bits per heavy atom. The van der Waals surface area contributed by atoms with Crippen molar-refractivity contribution in [3.8, 4) is 5.75 Å². The molecular weight excluding hydrogens is 468 g/mol. The number of carboxylic acids is 1. The molecule has 1 aliphatic heterocycles. The highest BCUT2D eigenvalue weighted by molar-refractivity contribution is 6.30. The Morgan fingerprint density at radius 3 is 2.51 bits per heavy atom. The molecule has 1 saturated heterocycles. The molecule has 9 heteroatoms. The Bertz CT molecular complexity index is 1190. The predicted octanol–water partition coefficient (Wildman–Crippen LogP) is 4.19. The number of amides is 1. The van der Waals surface area contributed by atoms with Gasteiger partial charge in [-0.2, -0.15) is 0 Å². The first-order valence-corrected chi connectivity index (χ1v) is 11.7. The highest BCUT2D eigenvalue weighted by Crippen LogP contribution is 2.23. The number of pyridine rings is 1. The molecule has 1 fully saturated rings. The number of hydrogen-bond acceptors (Lipinski definition) is 6. The van der Waals surface area contributed by atoms with E-state index < -0.39 is 5.97 Å². The number of aryl methyl sites for hydroxylation is 1. The summed E-state index contributed by atoms with van der Waals surface area (Å²) < 4.78 is 5.77. The molecule has 4 rings (SSSR count). The van der Waals surface area contributed by atoms with Crippen LogP contribution in [0.5, 0.6) is 5.75 Å². The first kappa shape index (κ1) is 24.5. The van der Waals surface area contributed by atoms with Crippen LogP contribution < -0.4 is 15.0 Å². The second-order valence-electron chi connectivity index (χ2n) is 8.35. The van der Waals surface area contributed by atoms with E-state index in [1.165, 1.54) is 12.3 Å². The van der Waals surface area contributed by atoms with Gasteiger partial charge in [-0.05, 0) is 49.4 Å². The Kier molecular flexibility index (Phi) is 7.84. The van der Waals surface area contributed by atoms with Crippen molar-refractivity contribution in [2.75, 3.05) is 49.5 Å². The molecular formula is C26H27ClN4O4. The fraction of sp³-hybridized carbons (Fsp3) is 0.269. The Balaban J connectivity index is 1.34. The summed E-state index contributed by atoms with van der Waals surface area (Å²) in [7, 11) is 0. The van der Waals surface area contributed by atoms with E-state index in [4.69, 9.17) is 16.3 Å². The van der Waals surface area contributed by atoms with Gasteiger partial charge in [-0.3, -0.25) is 9.69 Å². The minimum atomic E-state index is -1.09. The lowest BCUT2D eigenvalue weighted by Crippen LogP contribution is -2.48. The number of carbonyl (C=O) groups is 2. The quantitative estimate of drug-likeness (QED) is 0.484. The number of hydrogen-bond donors (Lipinski definition) is 2. The number of benzene rings is 2. The molecule has 0 unspecified atom stereocenters. The fourth-order valence-corrected chi connectivity index (χ4v) is 4.06. The maximum absolute atomic E-state index is 12.5. The fourth-order valence-electron chi connectivity index (χ4n) is 3.93. The molecule has 1 aromatic heterocycles. The summed E-state index contributed by atoms with van der Waals surface area (Å²) >= 11 is 5.89. The minimum absolute atomic E-state index is 0.0616. The van der Waals surface area contributed by atoms with E-state index in [2.05, 4.69) is 15.2 Å². The lowest BCUT2D eigenvalue weighted by Gasteiger charge is -2.35. The van der Waals surface area contributed by atoms with Crippen LogP contribution >= 0.6 is 11.6 Å². The minimum Gasteiger partial charge on any atom is -0.492 e. The molecule has 0 radical (unpaired) electrons. The summed E-state index contributed by atoms with van der Waals surface area (Å²) in [5.74, 6) is -0.215. The number of piperazine rings is 1. The van der Waals surface area contributed by atoms with Crippen LogP contribution in [0.4, 0.5) is 11.5 Å². The van der Waals surface area contributed by atoms with E-state index >= 15 is 0 Å². The average molecular weight is 495 g/mol. The zero-order valence-corrected chi connectivity index (χ0v) is 20.2. The number of carboxylic acid groups (broad SMARTS) is 1. The molecule has 1 amide bonds. The van der Waals surface area contributed by atoms with Crippen LogP contribution in [0.15, 0.2) is 60.8 Å². The van der Waals surface area contributed by atoms with Crippen molar-refractivity contribution in [3.63, 3.8) is 0 Å². The Labute approximate surface area is 209 Å².